The molecule has 35 heavy (non-hydrogen) atoms. The summed E-state index contributed by atoms with van der Waals surface area (Å²) >= 11 is 0. The zero-order valence-electron chi connectivity index (χ0n) is 19.7. The Kier molecular flexibility index (Phi) is 6.12. The van der Waals surface area contributed by atoms with Gasteiger partial charge in [0, 0.05) is 24.0 Å². The second kappa shape index (κ2) is 8.91. The molecule has 0 aliphatic carbocycles. The lowest BCUT2D eigenvalue weighted by Gasteiger charge is -2.15. The lowest BCUT2D eigenvalue weighted by Crippen LogP contribution is -2.30. The number of nitrogen functional groups attached to an aromatic ring is 1. The molecule has 0 unspecified atom stereocenters. The number of rotatable bonds is 5. The summed E-state index contributed by atoms with van der Waals surface area (Å²) in [5.41, 5.74) is 7.32. The number of aryl methyl sites for hydroxylation is 1. The normalized spacial score (nSPS) is 12.3. The number of anilines is 1. The Hall–Kier alpha value is -4.12. The van der Waals surface area contributed by atoms with Crippen LogP contribution in [0, 0.1) is 0 Å². The number of pyridine rings is 1. The fraction of sp³-hybridized carbons (Fsp3) is 0.208. The van der Waals surface area contributed by atoms with Gasteiger partial charge in [0.2, 0.25) is 0 Å². The highest BCUT2D eigenvalue weighted by molar-refractivity contribution is 7.90. The van der Waals surface area contributed by atoms with E-state index in [-0.39, 0.29) is 27.1 Å². The second-order valence-corrected chi connectivity index (χ2v) is 10.6. The zero-order chi connectivity index (χ0) is 25.4. The minimum Gasteiger partial charge on any atom is -0.382 e. The highest BCUT2D eigenvalue weighted by Gasteiger charge is 2.26. The largest absolute Gasteiger partial charge is 0.382 e. The van der Waals surface area contributed by atoms with Gasteiger partial charge in [0.15, 0.2) is 5.69 Å². The molecule has 0 radical (unpaired) electrons. The maximum atomic E-state index is 13.1. The first-order valence-corrected chi connectivity index (χ1v) is 12.2. The van der Waals surface area contributed by atoms with Crippen molar-refractivity contribution >= 4 is 44.0 Å². The van der Waals surface area contributed by atoms with Gasteiger partial charge < -0.3 is 5.73 Å². The SMILES string of the molecule is Cn1nc(C(C)(C)C)c(N=Nc2ccccc2C(=O)NS(=O)(=O)c2cccc3cccnc23)c1N. The van der Waals surface area contributed by atoms with Gasteiger partial charge in [0.1, 0.15) is 10.7 Å². The molecule has 11 heteroatoms. The predicted octanol–water partition coefficient (Wildman–Crippen LogP) is 4.38. The van der Waals surface area contributed by atoms with Crippen LogP contribution in [0.25, 0.3) is 10.9 Å². The Morgan fingerprint density at radius 1 is 1.03 bits per heavy atom. The van der Waals surface area contributed by atoms with Gasteiger partial charge in [-0.25, -0.2) is 13.1 Å². The van der Waals surface area contributed by atoms with Gasteiger partial charge in [-0.15, -0.1) is 10.2 Å². The summed E-state index contributed by atoms with van der Waals surface area (Å²) in [6.45, 7) is 5.92. The molecule has 4 rings (SSSR count). The Morgan fingerprint density at radius 2 is 1.74 bits per heavy atom. The monoisotopic (exact) mass is 491 g/mol. The number of azo groups is 1. The average molecular weight is 492 g/mol. The summed E-state index contributed by atoms with van der Waals surface area (Å²) in [5.74, 6) is -0.519. The lowest BCUT2D eigenvalue weighted by molar-refractivity contribution is 0.0982. The molecule has 10 nitrogen and oxygen atoms in total. The van der Waals surface area contributed by atoms with Gasteiger partial charge >= 0.3 is 0 Å². The molecule has 0 bridgehead atoms. The van der Waals surface area contributed by atoms with Crippen LogP contribution in [0.1, 0.15) is 36.8 Å². The third-order valence-electron chi connectivity index (χ3n) is 5.29. The fourth-order valence-electron chi connectivity index (χ4n) is 3.51. The van der Waals surface area contributed by atoms with Crippen molar-refractivity contribution in [3.05, 3.63) is 72.1 Å². The van der Waals surface area contributed by atoms with E-state index in [9.17, 15) is 13.2 Å². The molecule has 3 N–H and O–H groups in total. The topological polar surface area (TPSA) is 145 Å². The molecule has 0 spiro atoms. The number of carbonyl (C=O) groups excluding carboxylic acids is 1. The number of amides is 1. The molecule has 0 atom stereocenters. The smallest absolute Gasteiger partial charge is 0.267 e. The fourth-order valence-corrected chi connectivity index (χ4v) is 4.66. The molecule has 0 saturated carbocycles. The highest BCUT2D eigenvalue weighted by Crippen LogP contribution is 2.36. The van der Waals surface area contributed by atoms with Crippen LogP contribution in [0.15, 0.2) is 75.9 Å². The zero-order valence-corrected chi connectivity index (χ0v) is 20.5. The van der Waals surface area contributed by atoms with Crippen molar-refractivity contribution in [3.8, 4) is 0 Å². The molecule has 2 heterocycles. The number of hydrogen-bond acceptors (Lipinski definition) is 8. The Morgan fingerprint density at radius 3 is 2.49 bits per heavy atom. The molecule has 0 aliphatic rings. The summed E-state index contributed by atoms with van der Waals surface area (Å²) in [5, 5.41) is 13.6. The third kappa shape index (κ3) is 4.76. The molecule has 2 aromatic heterocycles. The van der Waals surface area contributed by atoms with Crippen LogP contribution in [0.4, 0.5) is 17.2 Å². The molecule has 180 valence electrons. The summed E-state index contributed by atoms with van der Waals surface area (Å²) in [7, 11) is -2.51. The summed E-state index contributed by atoms with van der Waals surface area (Å²) in [4.78, 5) is 17.1. The quantitative estimate of drug-likeness (QED) is 0.396. The number of nitrogens with two attached hydrogens (primary N) is 1. The number of hydrogen-bond donors (Lipinski definition) is 2. The van der Waals surface area contributed by atoms with Gasteiger partial charge in [-0.1, -0.05) is 51.1 Å². The van der Waals surface area contributed by atoms with E-state index in [1.165, 1.54) is 23.0 Å². The first-order chi connectivity index (χ1) is 16.5. The van der Waals surface area contributed by atoms with E-state index >= 15 is 0 Å². The number of aromatic nitrogens is 3. The first kappa shape index (κ1) is 24.0. The van der Waals surface area contributed by atoms with Crippen molar-refractivity contribution in [3.63, 3.8) is 0 Å². The number of sulfonamides is 1. The van der Waals surface area contributed by atoms with E-state index in [1.807, 2.05) is 20.8 Å². The molecular formula is C24H25N7O3S. The number of para-hydroxylation sites is 1. The predicted molar refractivity (Wildman–Crippen MR) is 133 cm³/mol. The number of benzene rings is 2. The van der Waals surface area contributed by atoms with E-state index in [4.69, 9.17) is 5.73 Å². The van der Waals surface area contributed by atoms with E-state index in [0.29, 0.717) is 22.6 Å². The van der Waals surface area contributed by atoms with Crippen LogP contribution < -0.4 is 10.5 Å². The average Bonchev–Trinajstić information content (AvgIpc) is 3.11. The molecule has 4 aromatic rings. The van der Waals surface area contributed by atoms with Gasteiger partial charge in [-0.05, 0) is 24.3 Å². The van der Waals surface area contributed by atoms with Gasteiger partial charge in [-0.2, -0.15) is 5.10 Å². The number of carbonyl (C=O) groups is 1. The Balaban J connectivity index is 1.68. The van der Waals surface area contributed by atoms with Crippen LogP contribution >= 0.6 is 0 Å². The van der Waals surface area contributed by atoms with E-state index < -0.39 is 15.9 Å². The summed E-state index contributed by atoms with van der Waals surface area (Å²) < 4.78 is 29.8. The van der Waals surface area contributed by atoms with Crippen molar-refractivity contribution in [1.29, 1.82) is 0 Å². The molecule has 0 aliphatic heterocycles. The second-order valence-electron chi connectivity index (χ2n) is 8.94. The summed E-state index contributed by atoms with van der Waals surface area (Å²) in [6.07, 6.45) is 1.49. The number of nitrogens with zero attached hydrogens (tertiary/aromatic N) is 5. The molecule has 1 amide bonds. The molecule has 0 fully saturated rings. The number of nitrogens with one attached hydrogen (secondary N) is 1. The maximum absolute atomic E-state index is 13.1. The molecule has 0 saturated heterocycles. The third-order valence-corrected chi connectivity index (χ3v) is 6.66. The van der Waals surface area contributed by atoms with Crippen molar-refractivity contribution in [2.75, 3.05) is 5.73 Å². The minimum absolute atomic E-state index is 0.0350. The van der Waals surface area contributed by atoms with Crippen molar-refractivity contribution < 1.29 is 13.2 Å². The molecule has 2 aromatic carbocycles. The van der Waals surface area contributed by atoms with Crippen LogP contribution in [0.2, 0.25) is 0 Å². The minimum atomic E-state index is -4.22. The lowest BCUT2D eigenvalue weighted by atomic mass is 9.91. The van der Waals surface area contributed by atoms with Crippen molar-refractivity contribution in [2.45, 2.75) is 31.1 Å². The van der Waals surface area contributed by atoms with Crippen molar-refractivity contribution in [2.24, 2.45) is 17.3 Å². The number of fused-ring (bicyclic) bond motifs is 1. The van der Waals surface area contributed by atoms with Crippen molar-refractivity contribution in [1.82, 2.24) is 19.5 Å². The van der Waals surface area contributed by atoms with Crippen LogP contribution in [-0.2, 0) is 22.5 Å². The van der Waals surface area contributed by atoms with Gasteiger partial charge in [0.25, 0.3) is 15.9 Å². The first-order valence-electron chi connectivity index (χ1n) is 10.7. The van der Waals surface area contributed by atoms with E-state index in [2.05, 4.69) is 25.0 Å². The Bertz CT molecular complexity index is 1560. The highest BCUT2D eigenvalue weighted by atomic mass is 32.2. The van der Waals surface area contributed by atoms with Gasteiger partial charge in [0.05, 0.1) is 22.5 Å². The maximum Gasteiger partial charge on any atom is 0.267 e. The van der Waals surface area contributed by atoms with Crippen LogP contribution in [0.3, 0.4) is 0 Å². The van der Waals surface area contributed by atoms with E-state index in [1.54, 1.807) is 49.5 Å². The molecular weight excluding hydrogens is 466 g/mol. The Labute approximate surface area is 203 Å². The standard InChI is InChI=1S/C24H25N7O3S/c1-24(2,3)21-20(22(25)31(4)29-21)28-27-17-12-6-5-11-16(17)23(32)30-35(33,34)18-13-7-9-15-10-8-14-26-19(15)18/h5-14H,25H2,1-4H3,(H,30,32). The van der Waals surface area contributed by atoms with E-state index in [0.717, 1.165) is 0 Å². The van der Waals surface area contributed by atoms with Crippen LogP contribution in [0.5, 0.6) is 0 Å². The van der Waals surface area contributed by atoms with Gasteiger partial charge in [-0.3, -0.25) is 14.5 Å². The van der Waals surface area contributed by atoms with Crippen LogP contribution in [-0.4, -0.2) is 29.1 Å². The summed E-state index contributed by atoms with van der Waals surface area (Å²) in [6, 6.07) is 14.5.